The van der Waals surface area contributed by atoms with Crippen LogP contribution in [0.4, 0.5) is 11.8 Å². The average Bonchev–Trinajstić information content (AvgIpc) is 3.11. The summed E-state index contributed by atoms with van der Waals surface area (Å²) in [5.41, 5.74) is 7.12. The van der Waals surface area contributed by atoms with Crippen LogP contribution in [-0.2, 0) is 9.53 Å². The smallest absolute Gasteiger partial charge is 0.326 e. The molecule has 3 aromatic heterocycles. The number of nitrogens with two attached hydrogens (primary N) is 1. The molecule has 0 radical (unpaired) electrons. The van der Waals surface area contributed by atoms with Crippen LogP contribution in [0.25, 0.3) is 22.6 Å². The van der Waals surface area contributed by atoms with E-state index in [0.29, 0.717) is 54.7 Å². The van der Waals surface area contributed by atoms with E-state index in [2.05, 4.69) is 29.8 Å². The SMILES string of the molecule is CC(C(=O)O)n1cnc2c(N3CCOCC3)nc(-c3cnc(N)nc3)nc21. The number of imidazole rings is 1. The van der Waals surface area contributed by atoms with E-state index < -0.39 is 12.0 Å². The predicted octanol–water partition coefficient (Wildman–Crippen LogP) is 0.348. The Morgan fingerprint density at radius 1 is 1.22 bits per heavy atom. The van der Waals surface area contributed by atoms with Crippen molar-refractivity contribution in [2.45, 2.75) is 13.0 Å². The van der Waals surface area contributed by atoms with Crippen molar-refractivity contribution >= 4 is 28.9 Å². The molecule has 1 unspecified atom stereocenters. The van der Waals surface area contributed by atoms with Crippen LogP contribution in [0.1, 0.15) is 13.0 Å². The maximum atomic E-state index is 11.5. The van der Waals surface area contributed by atoms with Crippen LogP contribution in [0.2, 0.25) is 0 Å². The van der Waals surface area contributed by atoms with Crippen LogP contribution >= 0.6 is 0 Å². The van der Waals surface area contributed by atoms with E-state index in [1.807, 2.05) is 0 Å². The molecule has 0 spiro atoms. The quantitative estimate of drug-likeness (QED) is 0.659. The van der Waals surface area contributed by atoms with Gasteiger partial charge in [0.2, 0.25) is 5.95 Å². The van der Waals surface area contributed by atoms with Crippen LogP contribution in [-0.4, -0.2) is 66.9 Å². The van der Waals surface area contributed by atoms with Gasteiger partial charge in [0, 0.05) is 25.5 Å². The molecule has 1 aliphatic rings. The van der Waals surface area contributed by atoms with E-state index >= 15 is 0 Å². The van der Waals surface area contributed by atoms with Crippen molar-refractivity contribution in [2.24, 2.45) is 0 Å². The minimum absolute atomic E-state index is 0.151. The van der Waals surface area contributed by atoms with E-state index in [0.717, 1.165) is 0 Å². The number of hydrogen-bond donors (Lipinski definition) is 2. The zero-order chi connectivity index (χ0) is 19.0. The number of nitrogen functional groups attached to an aromatic ring is 1. The third kappa shape index (κ3) is 3.12. The van der Waals surface area contributed by atoms with Gasteiger partial charge < -0.3 is 25.0 Å². The second-order valence-corrected chi connectivity index (χ2v) is 6.14. The lowest BCUT2D eigenvalue weighted by molar-refractivity contribution is -0.140. The van der Waals surface area contributed by atoms with Gasteiger partial charge in [-0.15, -0.1) is 0 Å². The molecule has 1 saturated heterocycles. The lowest BCUT2D eigenvalue weighted by atomic mass is 10.3. The first-order valence-corrected chi connectivity index (χ1v) is 8.42. The number of carboxylic acid groups (broad SMARTS) is 1. The molecule has 1 aliphatic heterocycles. The first-order chi connectivity index (χ1) is 13.0. The first-order valence-electron chi connectivity index (χ1n) is 8.42. The number of anilines is 2. The topological polar surface area (TPSA) is 145 Å². The highest BCUT2D eigenvalue weighted by atomic mass is 16.5. The average molecular weight is 370 g/mol. The number of rotatable bonds is 4. The number of carboxylic acids is 1. The number of nitrogens with zero attached hydrogens (tertiary/aromatic N) is 7. The number of aromatic nitrogens is 6. The molecule has 0 bridgehead atoms. The van der Waals surface area contributed by atoms with Gasteiger partial charge in [-0.05, 0) is 6.92 Å². The number of morpholine rings is 1. The largest absolute Gasteiger partial charge is 0.480 e. The normalized spacial score (nSPS) is 15.8. The van der Waals surface area contributed by atoms with Gasteiger partial charge in [0.1, 0.15) is 6.04 Å². The molecule has 140 valence electrons. The summed E-state index contributed by atoms with van der Waals surface area (Å²) in [6.45, 7) is 4.05. The third-order valence-electron chi connectivity index (χ3n) is 4.42. The number of fused-ring (bicyclic) bond motifs is 1. The summed E-state index contributed by atoms with van der Waals surface area (Å²) < 4.78 is 6.93. The molecule has 0 aliphatic carbocycles. The predicted molar refractivity (Wildman–Crippen MR) is 96.1 cm³/mol. The molecule has 4 heterocycles. The Morgan fingerprint density at radius 2 is 1.93 bits per heavy atom. The molecule has 11 nitrogen and oxygen atoms in total. The van der Waals surface area contributed by atoms with E-state index in [-0.39, 0.29) is 5.95 Å². The van der Waals surface area contributed by atoms with Crippen molar-refractivity contribution in [1.82, 2.24) is 29.5 Å². The summed E-state index contributed by atoms with van der Waals surface area (Å²) >= 11 is 0. The molecular weight excluding hydrogens is 352 g/mol. The molecule has 4 rings (SSSR count). The Hall–Kier alpha value is -3.34. The van der Waals surface area contributed by atoms with Gasteiger partial charge in [0.15, 0.2) is 22.8 Å². The molecule has 0 amide bonds. The molecule has 11 heteroatoms. The van der Waals surface area contributed by atoms with Gasteiger partial charge in [-0.3, -0.25) is 0 Å². The van der Waals surface area contributed by atoms with E-state index in [1.54, 1.807) is 6.92 Å². The van der Waals surface area contributed by atoms with Gasteiger partial charge >= 0.3 is 5.97 Å². The minimum Gasteiger partial charge on any atom is -0.480 e. The lowest BCUT2D eigenvalue weighted by Crippen LogP contribution is -2.37. The highest BCUT2D eigenvalue weighted by Crippen LogP contribution is 2.28. The Kier molecular flexibility index (Phi) is 4.28. The number of ether oxygens (including phenoxy) is 1. The minimum atomic E-state index is -0.974. The van der Waals surface area contributed by atoms with Crippen LogP contribution in [0.15, 0.2) is 18.7 Å². The zero-order valence-corrected chi connectivity index (χ0v) is 14.6. The second-order valence-electron chi connectivity index (χ2n) is 6.14. The van der Waals surface area contributed by atoms with Gasteiger partial charge in [-0.2, -0.15) is 0 Å². The fourth-order valence-electron chi connectivity index (χ4n) is 2.88. The Labute approximate surface area is 153 Å². The van der Waals surface area contributed by atoms with Crippen molar-refractivity contribution in [1.29, 1.82) is 0 Å². The van der Waals surface area contributed by atoms with E-state index in [1.165, 1.54) is 23.3 Å². The van der Waals surface area contributed by atoms with Gasteiger partial charge in [0.05, 0.1) is 25.1 Å². The summed E-state index contributed by atoms with van der Waals surface area (Å²) in [7, 11) is 0. The standard InChI is InChI=1S/C16H18N8O3/c1-9(15(25)26)24-8-20-11-13(23-2-4-27-5-3-23)21-12(22-14(11)24)10-6-18-16(17)19-7-10/h6-9H,2-5H2,1H3,(H,25,26)(H2,17,18,19). The summed E-state index contributed by atoms with van der Waals surface area (Å²) in [5.74, 6) is 0.186. The highest BCUT2D eigenvalue weighted by molar-refractivity contribution is 5.87. The number of hydrogen-bond acceptors (Lipinski definition) is 9. The maximum absolute atomic E-state index is 11.5. The molecule has 0 aromatic carbocycles. The van der Waals surface area contributed by atoms with Gasteiger partial charge in [-0.25, -0.2) is 29.7 Å². The van der Waals surface area contributed by atoms with Crippen molar-refractivity contribution in [2.75, 3.05) is 36.9 Å². The zero-order valence-electron chi connectivity index (χ0n) is 14.6. The monoisotopic (exact) mass is 370 g/mol. The summed E-state index contributed by atoms with van der Waals surface area (Å²) in [5, 5.41) is 9.40. The Balaban J connectivity index is 1.91. The summed E-state index contributed by atoms with van der Waals surface area (Å²) in [6, 6.07) is -0.821. The second kappa shape index (κ2) is 6.76. The molecule has 1 atom stereocenters. The van der Waals surface area contributed by atoms with Gasteiger partial charge in [0.25, 0.3) is 0 Å². The van der Waals surface area contributed by atoms with Crippen molar-refractivity contribution in [3.63, 3.8) is 0 Å². The number of carbonyl (C=O) groups is 1. The van der Waals surface area contributed by atoms with Gasteiger partial charge in [-0.1, -0.05) is 0 Å². The maximum Gasteiger partial charge on any atom is 0.326 e. The highest BCUT2D eigenvalue weighted by Gasteiger charge is 2.24. The van der Waals surface area contributed by atoms with E-state index in [9.17, 15) is 9.90 Å². The first kappa shape index (κ1) is 17.1. The van der Waals surface area contributed by atoms with Crippen molar-refractivity contribution < 1.29 is 14.6 Å². The summed E-state index contributed by atoms with van der Waals surface area (Å²) in [6.07, 6.45) is 4.55. The fourth-order valence-corrected chi connectivity index (χ4v) is 2.88. The fraction of sp³-hybridized carbons (Fsp3) is 0.375. The third-order valence-corrected chi connectivity index (χ3v) is 4.42. The van der Waals surface area contributed by atoms with Crippen LogP contribution in [0.5, 0.6) is 0 Å². The van der Waals surface area contributed by atoms with Crippen molar-refractivity contribution in [3.8, 4) is 11.4 Å². The molecule has 0 saturated carbocycles. The van der Waals surface area contributed by atoms with Crippen LogP contribution in [0, 0.1) is 0 Å². The molecule has 1 fully saturated rings. The summed E-state index contributed by atoms with van der Waals surface area (Å²) in [4.78, 5) is 35.1. The number of aliphatic carboxylic acids is 1. The van der Waals surface area contributed by atoms with E-state index in [4.69, 9.17) is 10.5 Å². The molecular formula is C16H18N8O3. The molecule has 3 N–H and O–H groups in total. The van der Waals surface area contributed by atoms with Crippen molar-refractivity contribution in [3.05, 3.63) is 18.7 Å². The van der Waals surface area contributed by atoms with Crippen LogP contribution in [0.3, 0.4) is 0 Å². The molecule has 3 aromatic rings. The molecule has 27 heavy (non-hydrogen) atoms. The Bertz CT molecular complexity index is 981. The lowest BCUT2D eigenvalue weighted by Gasteiger charge is -2.28. The van der Waals surface area contributed by atoms with Crippen LogP contribution < -0.4 is 10.6 Å². The Morgan fingerprint density at radius 3 is 2.59 bits per heavy atom.